The van der Waals surface area contributed by atoms with Gasteiger partial charge < -0.3 is 5.32 Å². The fraction of sp³-hybridized carbons (Fsp3) is 0.556. The minimum absolute atomic E-state index is 0.0251. The highest BCUT2D eigenvalue weighted by Crippen LogP contribution is 2.16. The van der Waals surface area contributed by atoms with Crippen LogP contribution in [0.25, 0.3) is 0 Å². The van der Waals surface area contributed by atoms with Crippen LogP contribution in [0.15, 0.2) is 6.20 Å². The second-order valence-electron chi connectivity index (χ2n) is 3.97. The summed E-state index contributed by atoms with van der Waals surface area (Å²) in [5.74, 6) is 0.172. The lowest BCUT2D eigenvalue weighted by atomic mass is 10.3. The normalized spacial score (nSPS) is 22.3. The smallest absolute Gasteiger partial charge is 0.321 e. The Labute approximate surface area is 103 Å². The molecule has 1 aromatic heterocycles. The lowest BCUT2D eigenvalue weighted by Crippen LogP contribution is -2.38. The Morgan fingerprint density at radius 3 is 2.88 bits per heavy atom. The molecule has 0 bridgehead atoms. The van der Waals surface area contributed by atoms with Gasteiger partial charge in [0, 0.05) is 17.1 Å². The zero-order valence-corrected chi connectivity index (χ0v) is 10.9. The molecular weight excluding hydrogens is 262 g/mol. The molecule has 0 saturated carbocycles. The molecule has 17 heavy (non-hydrogen) atoms. The minimum atomic E-state index is -2.97. The van der Waals surface area contributed by atoms with E-state index in [1.165, 1.54) is 11.3 Å². The van der Waals surface area contributed by atoms with Crippen molar-refractivity contribution in [3.63, 3.8) is 0 Å². The molecule has 1 atom stereocenters. The maximum Gasteiger partial charge on any atom is 0.321 e. The standard InChI is InChI=1S/C9H13N3O3S2/c1-6-4-10-9(16-6)12-8(13)11-7-2-3-17(14,15)5-7/h4,7H,2-3,5H2,1H3,(H2,10,11,12,13). The van der Waals surface area contributed by atoms with Crippen LogP contribution in [0.5, 0.6) is 0 Å². The van der Waals surface area contributed by atoms with Crippen LogP contribution in [0.1, 0.15) is 11.3 Å². The fourth-order valence-corrected chi connectivity index (χ4v) is 3.97. The molecule has 2 heterocycles. The number of anilines is 1. The summed E-state index contributed by atoms with van der Waals surface area (Å²) in [6.45, 7) is 1.89. The van der Waals surface area contributed by atoms with E-state index in [0.29, 0.717) is 11.6 Å². The van der Waals surface area contributed by atoms with Crippen molar-refractivity contribution in [1.82, 2.24) is 10.3 Å². The van der Waals surface area contributed by atoms with Crippen molar-refractivity contribution in [2.75, 3.05) is 16.8 Å². The van der Waals surface area contributed by atoms with Crippen molar-refractivity contribution in [2.45, 2.75) is 19.4 Å². The van der Waals surface area contributed by atoms with Crippen LogP contribution >= 0.6 is 11.3 Å². The number of aryl methyl sites for hydroxylation is 1. The largest absolute Gasteiger partial charge is 0.334 e. The van der Waals surface area contributed by atoms with E-state index in [9.17, 15) is 13.2 Å². The van der Waals surface area contributed by atoms with Crippen molar-refractivity contribution in [2.24, 2.45) is 0 Å². The minimum Gasteiger partial charge on any atom is -0.334 e. The van der Waals surface area contributed by atoms with Gasteiger partial charge in [-0.25, -0.2) is 18.2 Å². The molecule has 1 aliphatic heterocycles. The van der Waals surface area contributed by atoms with E-state index in [1.54, 1.807) is 6.20 Å². The van der Waals surface area contributed by atoms with Gasteiger partial charge in [0.15, 0.2) is 15.0 Å². The molecule has 8 heteroatoms. The van der Waals surface area contributed by atoms with E-state index in [-0.39, 0.29) is 17.5 Å². The van der Waals surface area contributed by atoms with Gasteiger partial charge in [-0.2, -0.15) is 0 Å². The van der Waals surface area contributed by atoms with Crippen LogP contribution < -0.4 is 10.6 Å². The molecule has 1 unspecified atom stereocenters. The maximum absolute atomic E-state index is 11.5. The van der Waals surface area contributed by atoms with Crippen LogP contribution in [-0.4, -0.2) is 37.0 Å². The van der Waals surface area contributed by atoms with Crippen LogP contribution in [0, 0.1) is 6.92 Å². The first kappa shape index (κ1) is 12.3. The Morgan fingerprint density at radius 2 is 2.35 bits per heavy atom. The lowest BCUT2D eigenvalue weighted by Gasteiger charge is -2.10. The van der Waals surface area contributed by atoms with Gasteiger partial charge in [0.1, 0.15) is 0 Å². The molecule has 2 N–H and O–H groups in total. The number of carbonyl (C=O) groups excluding carboxylic acids is 1. The van der Waals surface area contributed by atoms with E-state index in [2.05, 4.69) is 15.6 Å². The Bertz CT molecular complexity index is 523. The van der Waals surface area contributed by atoms with E-state index >= 15 is 0 Å². The third-order valence-corrected chi connectivity index (χ3v) is 5.01. The Hall–Kier alpha value is -1.15. The Kier molecular flexibility index (Phi) is 3.34. The molecule has 1 fully saturated rings. The Balaban J connectivity index is 1.86. The number of hydrogen-bond donors (Lipinski definition) is 2. The molecular formula is C9H13N3O3S2. The predicted molar refractivity (Wildman–Crippen MR) is 66.1 cm³/mol. The van der Waals surface area contributed by atoms with Crippen molar-refractivity contribution >= 4 is 32.3 Å². The number of nitrogens with zero attached hydrogens (tertiary/aromatic N) is 1. The highest BCUT2D eigenvalue weighted by Gasteiger charge is 2.28. The maximum atomic E-state index is 11.5. The van der Waals surface area contributed by atoms with Gasteiger partial charge in [-0.05, 0) is 13.3 Å². The summed E-state index contributed by atoms with van der Waals surface area (Å²) in [5, 5.41) is 5.72. The quantitative estimate of drug-likeness (QED) is 0.834. The van der Waals surface area contributed by atoms with Gasteiger partial charge in [0.2, 0.25) is 0 Å². The second-order valence-corrected chi connectivity index (χ2v) is 7.44. The van der Waals surface area contributed by atoms with E-state index in [4.69, 9.17) is 0 Å². The topological polar surface area (TPSA) is 88.2 Å². The number of urea groups is 1. The molecule has 2 amide bonds. The number of nitrogens with one attached hydrogen (secondary N) is 2. The highest BCUT2D eigenvalue weighted by atomic mass is 32.2. The summed E-state index contributed by atoms with van der Waals surface area (Å²) in [4.78, 5) is 16.5. The van der Waals surface area contributed by atoms with Gasteiger partial charge in [0.05, 0.1) is 11.5 Å². The highest BCUT2D eigenvalue weighted by molar-refractivity contribution is 7.91. The monoisotopic (exact) mass is 275 g/mol. The van der Waals surface area contributed by atoms with Crippen LogP contribution in [0.2, 0.25) is 0 Å². The molecule has 1 aromatic rings. The number of thiazole rings is 1. The zero-order chi connectivity index (χ0) is 12.5. The number of rotatable bonds is 2. The molecule has 94 valence electrons. The number of carbonyl (C=O) groups is 1. The van der Waals surface area contributed by atoms with Crippen molar-refractivity contribution in [3.8, 4) is 0 Å². The SMILES string of the molecule is Cc1cnc(NC(=O)NC2CCS(=O)(=O)C2)s1. The summed E-state index contributed by atoms with van der Waals surface area (Å²) in [6.07, 6.45) is 2.15. The third-order valence-electron chi connectivity index (χ3n) is 2.41. The van der Waals surface area contributed by atoms with Gasteiger partial charge in [-0.1, -0.05) is 0 Å². The number of sulfone groups is 1. The third kappa shape index (κ3) is 3.40. The van der Waals surface area contributed by atoms with Crippen molar-refractivity contribution in [1.29, 1.82) is 0 Å². The zero-order valence-electron chi connectivity index (χ0n) is 9.26. The second kappa shape index (κ2) is 4.61. The summed E-state index contributed by atoms with van der Waals surface area (Å²) in [6, 6.07) is -0.692. The average Bonchev–Trinajstić information content (AvgIpc) is 2.73. The number of amides is 2. The molecule has 0 aliphatic carbocycles. The average molecular weight is 275 g/mol. The first-order valence-electron chi connectivity index (χ1n) is 5.15. The molecule has 6 nitrogen and oxygen atoms in total. The van der Waals surface area contributed by atoms with Crippen LogP contribution in [0.3, 0.4) is 0 Å². The van der Waals surface area contributed by atoms with Crippen LogP contribution in [-0.2, 0) is 9.84 Å². The molecule has 0 radical (unpaired) electrons. The molecule has 1 aliphatic rings. The first-order valence-corrected chi connectivity index (χ1v) is 7.79. The van der Waals surface area contributed by atoms with Gasteiger partial charge in [0.25, 0.3) is 0 Å². The van der Waals surface area contributed by atoms with Crippen molar-refractivity contribution < 1.29 is 13.2 Å². The Morgan fingerprint density at radius 1 is 1.59 bits per heavy atom. The molecule has 1 saturated heterocycles. The fourth-order valence-electron chi connectivity index (χ4n) is 1.64. The lowest BCUT2D eigenvalue weighted by molar-refractivity contribution is 0.249. The molecule has 0 spiro atoms. The molecule has 2 rings (SSSR count). The van der Waals surface area contributed by atoms with E-state index in [1.807, 2.05) is 6.92 Å². The van der Waals surface area contributed by atoms with Crippen LogP contribution in [0.4, 0.5) is 9.93 Å². The van der Waals surface area contributed by atoms with Gasteiger partial charge >= 0.3 is 6.03 Å². The van der Waals surface area contributed by atoms with Crippen molar-refractivity contribution in [3.05, 3.63) is 11.1 Å². The van der Waals surface area contributed by atoms with Gasteiger partial charge in [-0.3, -0.25) is 5.32 Å². The summed E-state index contributed by atoms with van der Waals surface area (Å²) >= 11 is 1.37. The number of aromatic nitrogens is 1. The number of hydrogen-bond acceptors (Lipinski definition) is 5. The summed E-state index contributed by atoms with van der Waals surface area (Å²) in [7, 11) is -2.97. The summed E-state index contributed by atoms with van der Waals surface area (Å²) in [5.41, 5.74) is 0. The van der Waals surface area contributed by atoms with E-state index in [0.717, 1.165) is 4.88 Å². The first-order chi connectivity index (χ1) is 7.94. The predicted octanol–water partition coefficient (Wildman–Crippen LogP) is 0.760. The van der Waals surface area contributed by atoms with E-state index < -0.39 is 15.9 Å². The summed E-state index contributed by atoms with van der Waals surface area (Å²) < 4.78 is 22.4. The van der Waals surface area contributed by atoms with Gasteiger partial charge in [-0.15, -0.1) is 11.3 Å². The molecule has 0 aromatic carbocycles.